The number of thiazole rings is 1. The number of methoxy groups -OCH3 is 1. The molecule has 0 N–H and O–H groups in total. The Morgan fingerprint density at radius 3 is 2.81 bits per heavy atom. The topological polar surface area (TPSA) is 42.4 Å². The van der Waals surface area contributed by atoms with Gasteiger partial charge < -0.3 is 9.64 Å². The second-order valence-electron chi connectivity index (χ2n) is 2.88. The maximum atomic E-state index is 12.1. The van der Waals surface area contributed by atoms with Crippen LogP contribution >= 0.6 is 22.9 Å². The van der Waals surface area contributed by atoms with E-state index in [0.717, 1.165) is 11.3 Å². The lowest BCUT2D eigenvalue weighted by Gasteiger charge is -2.13. The van der Waals surface area contributed by atoms with Crippen LogP contribution in [0.2, 0.25) is 5.15 Å². The molecule has 0 saturated carbocycles. The Labute approximate surface area is 99.8 Å². The van der Waals surface area contributed by atoms with E-state index in [-0.39, 0.29) is 15.2 Å². The summed E-state index contributed by atoms with van der Waals surface area (Å²) in [6.45, 7) is -0.468. The predicted molar refractivity (Wildman–Crippen MR) is 57.7 cm³/mol. The monoisotopic (exact) mass is 270 g/mol. The molecule has 0 aliphatic carbocycles. The molecule has 1 aromatic rings. The number of esters is 1. The molecule has 1 rings (SSSR count). The highest BCUT2D eigenvalue weighted by atomic mass is 35.5. The molecule has 0 aliphatic heterocycles. The molecule has 0 aliphatic rings. The summed E-state index contributed by atoms with van der Waals surface area (Å²) < 4.78 is 28.7. The van der Waals surface area contributed by atoms with Crippen molar-refractivity contribution >= 4 is 34.0 Å². The van der Waals surface area contributed by atoms with Crippen molar-refractivity contribution in [2.75, 3.05) is 25.6 Å². The molecule has 0 aromatic carbocycles. The third kappa shape index (κ3) is 3.02. The standard InChI is InChI=1S/C8H9ClF2N2O2S/c1-13(3-4(10)11)8-12-6(9)5(16-8)7(14)15-2/h4H,3H2,1-2H3. The predicted octanol–water partition coefficient (Wildman–Crippen LogP) is 2.28. The Bertz CT molecular complexity index is 386. The number of rotatable bonds is 4. The quantitative estimate of drug-likeness (QED) is 0.787. The summed E-state index contributed by atoms with van der Waals surface area (Å²) >= 11 is 6.60. The highest BCUT2D eigenvalue weighted by Crippen LogP contribution is 2.29. The van der Waals surface area contributed by atoms with Crippen molar-refractivity contribution in [2.24, 2.45) is 0 Å². The van der Waals surface area contributed by atoms with E-state index in [1.165, 1.54) is 19.1 Å². The molecule has 16 heavy (non-hydrogen) atoms. The van der Waals surface area contributed by atoms with Crippen molar-refractivity contribution in [2.45, 2.75) is 6.43 Å². The number of carbonyl (C=O) groups excluding carboxylic acids is 1. The molecule has 0 fully saturated rings. The van der Waals surface area contributed by atoms with Gasteiger partial charge in [-0.05, 0) is 0 Å². The van der Waals surface area contributed by atoms with Gasteiger partial charge in [-0.25, -0.2) is 18.6 Å². The summed E-state index contributed by atoms with van der Waals surface area (Å²) in [5.41, 5.74) is 0. The molecule has 4 nitrogen and oxygen atoms in total. The molecule has 8 heteroatoms. The number of halogens is 3. The van der Waals surface area contributed by atoms with Gasteiger partial charge in [-0.2, -0.15) is 0 Å². The second-order valence-corrected chi connectivity index (χ2v) is 4.22. The Balaban J connectivity index is 2.87. The fraction of sp³-hybridized carbons (Fsp3) is 0.500. The number of ether oxygens (including phenoxy) is 1. The van der Waals surface area contributed by atoms with E-state index >= 15 is 0 Å². The molecule has 0 spiro atoms. The Hall–Kier alpha value is -0.950. The van der Waals surface area contributed by atoms with Crippen LogP contribution in [0.25, 0.3) is 0 Å². The highest BCUT2D eigenvalue weighted by Gasteiger charge is 2.20. The van der Waals surface area contributed by atoms with Crippen LogP contribution in [0.15, 0.2) is 0 Å². The van der Waals surface area contributed by atoms with Gasteiger partial charge in [-0.15, -0.1) is 0 Å². The summed E-state index contributed by atoms with van der Waals surface area (Å²) in [5.74, 6) is -0.626. The summed E-state index contributed by atoms with van der Waals surface area (Å²) in [6.07, 6.45) is -2.48. The molecular weight excluding hydrogens is 262 g/mol. The summed E-state index contributed by atoms with van der Waals surface area (Å²) in [5, 5.41) is 0.221. The summed E-state index contributed by atoms with van der Waals surface area (Å²) in [7, 11) is 2.66. The zero-order valence-corrected chi connectivity index (χ0v) is 10.1. The SMILES string of the molecule is COC(=O)c1sc(N(C)CC(F)F)nc1Cl. The molecular formula is C8H9ClF2N2O2S. The molecule has 0 amide bonds. The van der Waals surface area contributed by atoms with Gasteiger partial charge in [-0.3, -0.25) is 0 Å². The van der Waals surface area contributed by atoms with Crippen molar-refractivity contribution in [3.8, 4) is 0 Å². The first-order chi connectivity index (χ1) is 7.45. The fourth-order valence-electron chi connectivity index (χ4n) is 0.958. The summed E-state index contributed by atoms with van der Waals surface area (Å²) in [4.78, 5) is 16.3. The van der Waals surface area contributed by atoms with Gasteiger partial charge in [0.15, 0.2) is 15.2 Å². The van der Waals surface area contributed by atoms with Gasteiger partial charge >= 0.3 is 5.97 Å². The van der Waals surface area contributed by atoms with Crippen LogP contribution in [-0.2, 0) is 4.74 Å². The minimum atomic E-state index is -2.48. The van der Waals surface area contributed by atoms with Gasteiger partial charge in [-0.1, -0.05) is 22.9 Å². The number of anilines is 1. The van der Waals surface area contributed by atoms with E-state index in [4.69, 9.17) is 11.6 Å². The number of nitrogens with zero attached hydrogens (tertiary/aromatic N) is 2. The number of aromatic nitrogens is 1. The zero-order chi connectivity index (χ0) is 12.3. The molecule has 90 valence electrons. The first kappa shape index (κ1) is 13.1. The van der Waals surface area contributed by atoms with Crippen LogP contribution in [0.1, 0.15) is 9.67 Å². The van der Waals surface area contributed by atoms with E-state index in [9.17, 15) is 13.6 Å². The van der Waals surface area contributed by atoms with Gasteiger partial charge in [0.1, 0.15) is 0 Å². The highest BCUT2D eigenvalue weighted by molar-refractivity contribution is 7.18. The van der Waals surface area contributed by atoms with E-state index < -0.39 is 18.9 Å². The largest absolute Gasteiger partial charge is 0.465 e. The van der Waals surface area contributed by atoms with Crippen molar-refractivity contribution in [1.29, 1.82) is 0 Å². The minimum absolute atomic E-state index is 0.0343. The third-order valence-electron chi connectivity index (χ3n) is 1.68. The first-order valence-electron chi connectivity index (χ1n) is 4.19. The molecule has 0 bridgehead atoms. The van der Waals surface area contributed by atoms with Crippen molar-refractivity contribution in [3.05, 3.63) is 10.0 Å². The molecule has 0 saturated heterocycles. The minimum Gasteiger partial charge on any atom is -0.465 e. The normalized spacial score (nSPS) is 10.6. The van der Waals surface area contributed by atoms with Crippen LogP contribution < -0.4 is 4.90 Å². The lowest BCUT2D eigenvalue weighted by atomic mass is 10.6. The molecule has 0 atom stereocenters. The number of hydrogen-bond donors (Lipinski definition) is 0. The van der Waals surface area contributed by atoms with Crippen LogP contribution in [0.5, 0.6) is 0 Å². The lowest BCUT2D eigenvalue weighted by molar-refractivity contribution is 0.0606. The molecule has 1 heterocycles. The van der Waals surface area contributed by atoms with Crippen molar-refractivity contribution in [3.63, 3.8) is 0 Å². The number of alkyl halides is 2. The Kier molecular flexibility index (Phi) is 4.43. The van der Waals surface area contributed by atoms with Crippen molar-refractivity contribution in [1.82, 2.24) is 4.98 Å². The second kappa shape index (κ2) is 5.40. The zero-order valence-electron chi connectivity index (χ0n) is 8.54. The van der Waals surface area contributed by atoms with Gasteiger partial charge in [0.25, 0.3) is 6.43 Å². The maximum absolute atomic E-state index is 12.1. The van der Waals surface area contributed by atoms with E-state index in [1.54, 1.807) is 0 Å². The maximum Gasteiger partial charge on any atom is 0.351 e. The average Bonchev–Trinajstić information content (AvgIpc) is 2.58. The average molecular weight is 271 g/mol. The van der Waals surface area contributed by atoms with Gasteiger partial charge in [0.2, 0.25) is 0 Å². The summed E-state index contributed by atoms with van der Waals surface area (Å²) in [6, 6.07) is 0. The van der Waals surface area contributed by atoms with Gasteiger partial charge in [0, 0.05) is 7.05 Å². The van der Waals surface area contributed by atoms with E-state index in [2.05, 4.69) is 9.72 Å². The molecule has 1 aromatic heterocycles. The van der Waals surface area contributed by atoms with Crippen LogP contribution in [0, 0.1) is 0 Å². The van der Waals surface area contributed by atoms with E-state index in [0.29, 0.717) is 0 Å². The van der Waals surface area contributed by atoms with Crippen LogP contribution in [0.4, 0.5) is 13.9 Å². The third-order valence-corrected chi connectivity index (χ3v) is 3.22. The van der Waals surface area contributed by atoms with Crippen LogP contribution in [0.3, 0.4) is 0 Å². The lowest BCUT2D eigenvalue weighted by Crippen LogP contribution is -2.23. The number of carbonyl (C=O) groups is 1. The van der Waals surface area contributed by atoms with E-state index in [1.807, 2.05) is 0 Å². The first-order valence-corrected chi connectivity index (χ1v) is 5.39. The molecule has 0 unspecified atom stereocenters. The smallest absolute Gasteiger partial charge is 0.351 e. The Morgan fingerprint density at radius 2 is 2.31 bits per heavy atom. The van der Waals surface area contributed by atoms with Crippen LogP contribution in [-0.4, -0.2) is 38.1 Å². The Morgan fingerprint density at radius 1 is 1.69 bits per heavy atom. The van der Waals surface area contributed by atoms with Gasteiger partial charge in [0.05, 0.1) is 13.7 Å². The number of hydrogen-bond acceptors (Lipinski definition) is 5. The fourth-order valence-corrected chi connectivity index (χ4v) is 2.13. The van der Waals surface area contributed by atoms with Crippen molar-refractivity contribution < 1.29 is 18.3 Å². The molecule has 0 radical (unpaired) electrons.